The van der Waals surface area contributed by atoms with E-state index < -0.39 is 0 Å². The summed E-state index contributed by atoms with van der Waals surface area (Å²) in [6, 6.07) is 0. The number of nitrogens with zero attached hydrogens (tertiary/aromatic N) is 3. The van der Waals surface area contributed by atoms with Gasteiger partial charge < -0.3 is 4.57 Å². The Kier molecular flexibility index (Phi) is 5.04. The fraction of sp³-hybridized carbons (Fsp3) is 0.857. The van der Waals surface area contributed by atoms with E-state index in [4.69, 9.17) is 11.6 Å². The van der Waals surface area contributed by atoms with Crippen molar-refractivity contribution in [3.63, 3.8) is 0 Å². The molecular formula is C14H24ClN3. The minimum Gasteiger partial charge on any atom is -0.302 e. The van der Waals surface area contributed by atoms with Crippen LogP contribution in [0.3, 0.4) is 0 Å². The van der Waals surface area contributed by atoms with Crippen molar-refractivity contribution in [2.24, 2.45) is 5.92 Å². The summed E-state index contributed by atoms with van der Waals surface area (Å²) in [7, 11) is 0. The van der Waals surface area contributed by atoms with Crippen molar-refractivity contribution in [2.75, 3.05) is 0 Å². The van der Waals surface area contributed by atoms with Gasteiger partial charge >= 0.3 is 0 Å². The third-order valence-corrected chi connectivity index (χ3v) is 3.87. The van der Waals surface area contributed by atoms with Crippen molar-refractivity contribution < 1.29 is 0 Å². The first kappa shape index (κ1) is 13.9. The molecule has 0 radical (unpaired) electrons. The first-order valence-corrected chi connectivity index (χ1v) is 7.65. The average Bonchev–Trinajstić information content (AvgIpc) is 3.09. The molecule has 0 aromatic carbocycles. The first-order valence-electron chi connectivity index (χ1n) is 7.27. The minimum atomic E-state index is 0.569. The number of rotatable bonds is 8. The topological polar surface area (TPSA) is 30.7 Å². The Morgan fingerprint density at radius 1 is 1.17 bits per heavy atom. The Bertz CT molecular complexity index is 369. The van der Waals surface area contributed by atoms with Crippen LogP contribution in [0, 0.1) is 5.92 Å². The molecule has 0 aliphatic heterocycles. The van der Waals surface area contributed by atoms with Crippen molar-refractivity contribution in [2.45, 2.75) is 71.3 Å². The smallest absolute Gasteiger partial charge is 0.225 e. The van der Waals surface area contributed by atoms with Gasteiger partial charge in [0.25, 0.3) is 0 Å². The van der Waals surface area contributed by atoms with Gasteiger partial charge in [-0.25, -0.2) is 0 Å². The fourth-order valence-corrected chi connectivity index (χ4v) is 2.53. The second-order valence-corrected chi connectivity index (χ2v) is 6.19. The highest BCUT2D eigenvalue weighted by Crippen LogP contribution is 2.39. The molecule has 0 atom stereocenters. The summed E-state index contributed by atoms with van der Waals surface area (Å²) in [5.74, 6) is 2.58. The van der Waals surface area contributed by atoms with E-state index >= 15 is 0 Å². The zero-order chi connectivity index (χ0) is 13.0. The Morgan fingerprint density at radius 3 is 2.56 bits per heavy atom. The van der Waals surface area contributed by atoms with Crippen LogP contribution in [-0.2, 0) is 6.54 Å². The van der Waals surface area contributed by atoms with Crippen molar-refractivity contribution >= 4 is 11.6 Å². The largest absolute Gasteiger partial charge is 0.302 e. The molecule has 1 aromatic heterocycles. The van der Waals surface area contributed by atoms with Gasteiger partial charge in [-0.05, 0) is 36.8 Å². The molecule has 1 aromatic rings. The zero-order valence-corrected chi connectivity index (χ0v) is 12.3. The minimum absolute atomic E-state index is 0.569. The number of hydrogen-bond acceptors (Lipinski definition) is 2. The van der Waals surface area contributed by atoms with E-state index in [0.29, 0.717) is 11.2 Å². The normalized spacial score (nSPS) is 15.6. The monoisotopic (exact) mass is 269 g/mol. The van der Waals surface area contributed by atoms with Crippen LogP contribution in [0.15, 0.2) is 0 Å². The van der Waals surface area contributed by atoms with Gasteiger partial charge in [-0.2, -0.15) is 0 Å². The van der Waals surface area contributed by atoms with Gasteiger partial charge in [-0.15, -0.1) is 10.2 Å². The maximum Gasteiger partial charge on any atom is 0.225 e. The molecule has 0 amide bonds. The van der Waals surface area contributed by atoms with E-state index in [9.17, 15) is 0 Å². The van der Waals surface area contributed by atoms with Crippen molar-refractivity contribution in [1.82, 2.24) is 14.8 Å². The summed E-state index contributed by atoms with van der Waals surface area (Å²) in [6.45, 7) is 5.57. The average molecular weight is 270 g/mol. The molecule has 1 heterocycles. The molecule has 2 rings (SSSR count). The van der Waals surface area contributed by atoms with E-state index in [0.717, 1.165) is 18.3 Å². The van der Waals surface area contributed by atoms with E-state index in [2.05, 4.69) is 28.6 Å². The van der Waals surface area contributed by atoms with Crippen LogP contribution in [0.4, 0.5) is 0 Å². The lowest BCUT2D eigenvalue weighted by Crippen LogP contribution is -2.03. The predicted molar refractivity (Wildman–Crippen MR) is 74.9 cm³/mol. The summed E-state index contributed by atoms with van der Waals surface area (Å²) in [6.07, 6.45) is 9.01. The van der Waals surface area contributed by atoms with Crippen molar-refractivity contribution in [3.05, 3.63) is 11.1 Å². The summed E-state index contributed by atoms with van der Waals surface area (Å²) < 4.78 is 2.11. The van der Waals surface area contributed by atoms with Crippen LogP contribution < -0.4 is 0 Å². The van der Waals surface area contributed by atoms with Crippen LogP contribution in [0.5, 0.6) is 0 Å². The molecule has 1 aliphatic rings. The van der Waals surface area contributed by atoms with Crippen LogP contribution in [0.2, 0.25) is 5.28 Å². The highest BCUT2D eigenvalue weighted by molar-refractivity contribution is 6.28. The van der Waals surface area contributed by atoms with Crippen molar-refractivity contribution in [1.29, 1.82) is 0 Å². The predicted octanol–water partition coefficient (Wildman–Crippen LogP) is 4.42. The van der Waals surface area contributed by atoms with Gasteiger partial charge in [0.15, 0.2) is 0 Å². The van der Waals surface area contributed by atoms with Crippen LogP contribution >= 0.6 is 11.6 Å². The van der Waals surface area contributed by atoms with E-state index in [1.165, 1.54) is 44.9 Å². The second kappa shape index (κ2) is 6.55. The van der Waals surface area contributed by atoms with Gasteiger partial charge in [-0.3, -0.25) is 0 Å². The molecule has 0 saturated heterocycles. The molecule has 4 heteroatoms. The first-order chi connectivity index (χ1) is 8.68. The summed E-state index contributed by atoms with van der Waals surface area (Å²) in [5.41, 5.74) is 0. The maximum atomic E-state index is 6.09. The Balaban J connectivity index is 1.68. The molecule has 102 valence electrons. The zero-order valence-electron chi connectivity index (χ0n) is 11.5. The number of hydrogen-bond donors (Lipinski definition) is 0. The van der Waals surface area contributed by atoms with Gasteiger partial charge in [0, 0.05) is 12.5 Å². The van der Waals surface area contributed by atoms with E-state index in [-0.39, 0.29) is 0 Å². The van der Waals surface area contributed by atoms with Gasteiger partial charge in [0.2, 0.25) is 5.28 Å². The van der Waals surface area contributed by atoms with Crippen LogP contribution in [-0.4, -0.2) is 14.8 Å². The highest BCUT2D eigenvalue weighted by atomic mass is 35.5. The SMILES string of the molecule is CC(C)CCCCCCn1c(Cl)nnc1C1CC1. The second-order valence-electron chi connectivity index (χ2n) is 5.85. The molecule has 0 unspecified atom stereocenters. The molecule has 0 spiro atoms. The van der Waals surface area contributed by atoms with E-state index in [1.54, 1.807) is 0 Å². The number of unbranched alkanes of at least 4 members (excludes halogenated alkanes) is 3. The Morgan fingerprint density at radius 2 is 1.89 bits per heavy atom. The molecule has 0 N–H and O–H groups in total. The molecule has 3 nitrogen and oxygen atoms in total. The van der Waals surface area contributed by atoms with Gasteiger partial charge in [-0.1, -0.05) is 39.5 Å². The third kappa shape index (κ3) is 3.98. The maximum absolute atomic E-state index is 6.09. The quantitative estimate of drug-likeness (QED) is 0.654. The summed E-state index contributed by atoms with van der Waals surface area (Å²) >= 11 is 6.09. The van der Waals surface area contributed by atoms with Gasteiger partial charge in [0.1, 0.15) is 5.82 Å². The molecule has 1 fully saturated rings. The molecular weight excluding hydrogens is 246 g/mol. The lowest BCUT2D eigenvalue weighted by molar-refractivity contribution is 0.502. The number of aromatic nitrogens is 3. The van der Waals surface area contributed by atoms with Crippen LogP contribution in [0.1, 0.15) is 70.5 Å². The molecule has 1 aliphatic carbocycles. The van der Waals surface area contributed by atoms with Crippen LogP contribution in [0.25, 0.3) is 0 Å². The fourth-order valence-electron chi connectivity index (χ4n) is 2.32. The molecule has 18 heavy (non-hydrogen) atoms. The Labute approximate surface area is 115 Å². The molecule has 1 saturated carbocycles. The summed E-state index contributed by atoms with van der Waals surface area (Å²) in [4.78, 5) is 0. The van der Waals surface area contributed by atoms with Gasteiger partial charge in [0.05, 0.1) is 0 Å². The van der Waals surface area contributed by atoms with Crippen molar-refractivity contribution in [3.8, 4) is 0 Å². The lowest BCUT2D eigenvalue weighted by Gasteiger charge is -2.07. The summed E-state index contributed by atoms with van der Waals surface area (Å²) in [5, 5.41) is 8.76. The lowest BCUT2D eigenvalue weighted by atomic mass is 10.0. The number of halogens is 1. The van der Waals surface area contributed by atoms with E-state index in [1.807, 2.05) is 0 Å². The Hall–Kier alpha value is -0.570. The standard InChI is InChI=1S/C14H24ClN3/c1-11(2)7-5-3-4-6-10-18-13(12-8-9-12)16-17-14(18)15/h11-12H,3-10H2,1-2H3. The third-order valence-electron chi connectivity index (χ3n) is 3.59. The highest BCUT2D eigenvalue weighted by Gasteiger charge is 2.29. The molecule has 0 bridgehead atoms.